The number of methoxy groups -OCH3 is 2. The molecule has 0 spiro atoms. The quantitative estimate of drug-likeness (QED) is 0.279. The molecule has 3 heterocycles. The highest BCUT2D eigenvalue weighted by Crippen LogP contribution is 2.34. The summed E-state index contributed by atoms with van der Waals surface area (Å²) in [6.07, 6.45) is 11.4. The lowest BCUT2D eigenvalue weighted by Gasteiger charge is -2.25. The Balaban J connectivity index is 1.56. The van der Waals surface area contributed by atoms with Gasteiger partial charge in [-0.2, -0.15) is 5.10 Å². The van der Waals surface area contributed by atoms with Gasteiger partial charge in [0.1, 0.15) is 11.5 Å². The fourth-order valence-electron chi connectivity index (χ4n) is 4.10. The molecular weight excluding hydrogens is 464 g/mol. The first-order valence-electron chi connectivity index (χ1n) is 11.9. The maximum absolute atomic E-state index is 5.54. The van der Waals surface area contributed by atoms with Gasteiger partial charge in [0.2, 0.25) is 0 Å². The Kier molecular flexibility index (Phi) is 6.81. The lowest BCUT2D eigenvalue weighted by atomic mass is 10.2. The van der Waals surface area contributed by atoms with Gasteiger partial charge < -0.3 is 14.4 Å². The summed E-state index contributed by atoms with van der Waals surface area (Å²) >= 11 is 0. The smallest absolute Gasteiger partial charge is 0.124 e. The molecule has 3 aromatic heterocycles. The van der Waals surface area contributed by atoms with E-state index in [0.29, 0.717) is 18.0 Å². The molecule has 2 aromatic carbocycles. The van der Waals surface area contributed by atoms with Gasteiger partial charge in [0, 0.05) is 61.1 Å². The summed E-state index contributed by atoms with van der Waals surface area (Å²) in [5.41, 5.74) is 7.27. The molecule has 0 bridgehead atoms. The normalized spacial score (nSPS) is 11.2. The molecule has 8 heteroatoms. The minimum Gasteiger partial charge on any atom is -0.497 e. The van der Waals surface area contributed by atoms with Gasteiger partial charge in [-0.25, -0.2) is 4.98 Å². The first-order valence-corrected chi connectivity index (χ1v) is 11.9. The topological polar surface area (TPSA) is 78.2 Å². The van der Waals surface area contributed by atoms with Gasteiger partial charge in [-0.1, -0.05) is 6.08 Å². The molecule has 0 aliphatic heterocycles. The first-order chi connectivity index (χ1) is 18.0. The van der Waals surface area contributed by atoms with Crippen LogP contribution in [0.2, 0.25) is 0 Å². The van der Waals surface area contributed by atoms with Crippen molar-refractivity contribution in [2.75, 3.05) is 25.7 Å². The van der Waals surface area contributed by atoms with Gasteiger partial charge in [-0.15, -0.1) is 0 Å². The van der Waals surface area contributed by atoms with Crippen molar-refractivity contribution in [2.24, 2.45) is 7.05 Å². The van der Waals surface area contributed by atoms with E-state index in [0.717, 1.165) is 39.4 Å². The standard InChI is InChI=1S/C29H28N6O2/c1-20-9-10-30-22(12-20)6-5-11-35(24-13-25(36-3)16-26(14-24)37-4)23-7-8-27-28(15-23)33-29(18-31-27)21-17-32-34(2)19-21/h5-10,12-19H,11H2,1-4H3/b6-5-. The van der Waals surface area contributed by atoms with Gasteiger partial charge in [-0.3, -0.25) is 14.6 Å². The van der Waals surface area contributed by atoms with Crippen LogP contribution in [-0.2, 0) is 7.05 Å². The Morgan fingerprint density at radius 1 is 0.892 bits per heavy atom. The second-order valence-electron chi connectivity index (χ2n) is 8.67. The average Bonchev–Trinajstić information content (AvgIpc) is 3.36. The largest absolute Gasteiger partial charge is 0.497 e. The van der Waals surface area contributed by atoms with Crippen LogP contribution >= 0.6 is 0 Å². The Morgan fingerprint density at radius 2 is 1.70 bits per heavy atom. The molecule has 0 fully saturated rings. The fraction of sp³-hybridized carbons (Fsp3) is 0.172. The Bertz CT molecular complexity index is 1550. The zero-order valence-electron chi connectivity index (χ0n) is 21.3. The minimum atomic E-state index is 0.590. The monoisotopic (exact) mass is 492 g/mol. The van der Waals surface area contributed by atoms with Crippen molar-refractivity contribution in [3.63, 3.8) is 0 Å². The van der Waals surface area contributed by atoms with Crippen LogP contribution in [0.4, 0.5) is 11.4 Å². The predicted octanol–water partition coefficient (Wildman–Crippen LogP) is 5.60. The fourth-order valence-corrected chi connectivity index (χ4v) is 4.10. The SMILES string of the molecule is COc1cc(OC)cc(N(C/C=C\c2cc(C)ccn2)c2ccc3ncc(-c4cnn(C)c4)nc3c2)c1. The lowest BCUT2D eigenvalue weighted by molar-refractivity contribution is 0.394. The third kappa shape index (κ3) is 5.43. The number of pyridine rings is 1. The molecule has 186 valence electrons. The molecule has 0 N–H and O–H groups in total. The number of aromatic nitrogens is 5. The van der Waals surface area contributed by atoms with E-state index in [4.69, 9.17) is 14.5 Å². The van der Waals surface area contributed by atoms with Gasteiger partial charge in [-0.05, 0) is 48.9 Å². The summed E-state index contributed by atoms with van der Waals surface area (Å²) in [5.74, 6) is 1.42. The number of fused-ring (bicyclic) bond motifs is 1. The molecular formula is C29H28N6O2. The summed E-state index contributed by atoms with van der Waals surface area (Å²) in [6.45, 7) is 2.65. The van der Waals surface area contributed by atoms with E-state index in [-0.39, 0.29) is 0 Å². The lowest BCUT2D eigenvalue weighted by Crippen LogP contribution is -2.17. The second kappa shape index (κ2) is 10.5. The third-order valence-electron chi connectivity index (χ3n) is 6.00. The number of hydrogen-bond donors (Lipinski definition) is 0. The Hall–Kier alpha value is -4.72. The van der Waals surface area contributed by atoms with Crippen molar-refractivity contribution in [1.29, 1.82) is 0 Å². The molecule has 0 unspecified atom stereocenters. The average molecular weight is 493 g/mol. The summed E-state index contributed by atoms with van der Waals surface area (Å²) in [7, 11) is 5.19. The zero-order chi connectivity index (χ0) is 25.8. The molecule has 0 aliphatic carbocycles. The predicted molar refractivity (Wildman–Crippen MR) is 146 cm³/mol. The molecule has 0 atom stereocenters. The van der Waals surface area contributed by atoms with Crippen LogP contribution in [0.15, 0.2) is 79.4 Å². The molecule has 0 saturated heterocycles. The van der Waals surface area contributed by atoms with Gasteiger partial charge >= 0.3 is 0 Å². The van der Waals surface area contributed by atoms with E-state index in [9.17, 15) is 0 Å². The number of hydrogen-bond acceptors (Lipinski definition) is 7. The molecule has 0 aliphatic rings. The molecule has 0 saturated carbocycles. The van der Waals surface area contributed by atoms with Gasteiger partial charge in [0.05, 0.1) is 49.0 Å². The summed E-state index contributed by atoms with van der Waals surface area (Å²) in [5, 5.41) is 4.26. The van der Waals surface area contributed by atoms with Crippen LogP contribution in [-0.4, -0.2) is 45.5 Å². The first kappa shape index (κ1) is 24.0. The van der Waals surface area contributed by atoms with Gasteiger partial charge in [0.15, 0.2) is 0 Å². The van der Waals surface area contributed by atoms with Crippen LogP contribution in [0.25, 0.3) is 28.4 Å². The van der Waals surface area contributed by atoms with Crippen LogP contribution < -0.4 is 14.4 Å². The van der Waals surface area contributed by atoms with Crippen molar-refractivity contribution < 1.29 is 9.47 Å². The number of benzene rings is 2. The van der Waals surface area contributed by atoms with E-state index in [1.165, 1.54) is 5.56 Å². The maximum atomic E-state index is 5.54. The van der Waals surface area contributed by atoms with Crippen molar-refractivity contribution >= 4 is 28.5 Å². The number of anilines is 2. The summed E-state index contributed by atoms with van der Waals surface area (Å²) in [4.78, 5) is 16.1. The van der Waals surface area contributed by atoms with Crippen LogP contribution in [0.1, 0.15) is 11.3 Å². The molecule has 0 radical (unpaired) electrons. The number of aryl methyl sites for hydroxylation is 2. The molecule has 37 heavy (non-hydrogen) atoms. The third-order valence-corrected chi connectivity index (χ3v) is 6.00. The van der Waals surface area contributed by atoms with Gasteiger partial charge in [0.25, 0.3) is 0 Å². The number of rotatable bonds is 8. The van der Waals surface area contributed by atoms with Crippen LogP contribution in [0.3, 0.4) is 0 Å². The van der Waals surface area contributed by atoms with E-state index in [1.54, 1.807) is 31.3 Å². The maximum Gasteiger partial charge on any atom is 0.124 e. The minimum absolute atomic E-state index is 0.590. The van der Waals surface area contributed by atoms with E-state index < -0.39 is 0 Å². The molecule has 5 rings (SSSR count). The zero-order valence-corrected chi connectivity index (χ0v) is 21.3. The van der Waals surface area contributed by atoms with Crippen molar-refractivity contribution in [3.8, 4) is 22.8 Å². The number of nitrogens with zero attached hydrogens (tertiary/aromatic N) is 6. The summed E-state index contributed by atoms with van der Waals surface area (Å²) < 4.78 is 12.8. The van der Waals surface area contributed by atoms with E-state index in [2.05, 4.69) is 39.0 Å². The Morgan fingerprint density at radius 3 is 2.41 bits per heavy atom. The van der Waals surface area contributed by atoms with E-state index in [1.807, 2.05) is 68.0 Å². The van der Waals surface area contributed by atoms with Crippen molar-refractivity contribution in [3.05, 3.63) is 90.7 Å². The molecule has 8 nitrogen and oxygen atoms in total. The van der Waals surface area contributed by atoms with Crippen molar-refractivity contribution in [2.45, 2.75) is 6.92 Å². The highest BCUT2D eigenvalue weighted by Gasteiger charge is 2.14. The van der Waals surface area contributed by atoms with Crippen LogP contribution in [0.5, 0.6) is 11.5 Å². The highest BCUT2D eigenvalue weighted by molar-refractivity contribution is 5.83. The second-order valence-corrected chi connectivity index (χ2v) is 8.67. The van der Waals surface area contributed by atoms with E-state index >= 15 is 0 Å². The Labute approximate surface area is 215 Å². The molecule has 0 amide bonds. The molecule has 5 aromatic rings. The van der Waals surface area contributed by atoms with Crippen molar-refractivity contribution in [1.82, 2.24) is 24.7 Å². The summed E-state index contributed by atoms with van der Waals surface area (Å²) in [6, 6.07) is 16.0. The highest BCUT2D eigenvalue weighted by atomic mass is 16.5. The number of ether oxygens (including phenoxy) is 2. The van der Waals surface area contributed by atoms with Crippen LogP contribution in [0, 0.1) is 6.92 Å².